The van der Waals surface area contributed by atoms with Crippen LogP contribution in [-0.2, 0) is 20.4 Å². The highest BCUT2D eigenvalue weighted by Crippen LogP contribution is 2.39. The second-order valence-electron chi connectivity index (χ2n) is 9.17. The quantitative estimate of drug-likeness (QED) is 0.547. The van der Waals surface area contributed by atoms with Crippen LogP contribution in [0.1, 0.15) is 12.5 Å². The van der Waals surface area contributed by atoms with Gasteiger partial charge in [-0.3, -0.25) is 4.90 Å². The summed E-state index contributed by atoms with van der Waals surface area (Å²) >= 11 is 1.15. The van der Waals surface area contributed by atoms with Gasteiger partial charge in [0.25, 0.3) is 10.0 Å². The van der Waals surface area contributed by atoms with Crippen LogP contribution in [0.15, 0.2) is 46.0 Å². The van der Waals surface area contributed by atoms with E-state index in [1.54, 1.807) is 17.5 Å². The summed E-state index contributed by atoms with van der Waals surface area (Å²) in [7, 11) is -3.69. The molecule has 200 valence electrons. The first-order valence-corrected chi connectivity index (χ1v) is 13.9. The lowest BCUT2D eigenvalue weighted by Gasteiger charge is -2.45. The highest BCUT2D eigenvalue weighted by Gasteiger charge is 2.51. The fourth-order valence-electron chi connectivity index (χ4n) is 4.59. The Labute approximate surface area is 212 Å². The second-order valence-corrected chi connectivity index (χ2v) is 12.3. The molecule has 0 spiro atoms. The third-order valence-corrected chi connectivity index (χ3v) is 10.1. The molecule has 2 saturated heterocycles. The largest absolute Gasteiger partial charge is 0.421 e. The fraction of sp³-hybridized carbons (Fsp3) is 0.565. The number of aliphatic hydroxyl groups excluding tert-OH is 1. The molecule has 2 aliphatic heterocycles. The number of aliphatic hydroxyl groups is 2. The van der Waals surface area contributed by atoms with Crippen LogP contribution in [0.2, 0.25) is 0 Å². The third-order valence-electron chi connectivity index (χ3n) is 6.85. The van der Waals surface area contributed by atoms with E-state index in [0.29, 0.717) is 45.5 Å². The summed E-state index contributed by atoms with van der Waals surface area (Å²) in [6, 6.07) is 8.24. The van der Waals surface area contributed by atoms with Gasteiger partial charge in [-0.25, -0.2) is 8.42 Å². The number of rotatable bonds is 7. The minimum absolute atomic E-state index is 0.106. The molecule has 0 aliphatic carbocycles. The summed E-state index contributed by atoms with van der Waals surface area (Å²) in [5, 5.41) is 21.5. The molecule has 36 heavy (non-hydrogen) atoms. The van der Waals surface area contributed by atoms with Gasteiger partial charge in [0.15, 0.2) is 5.60 Å². The molecule has 1 unspecified atom stereocenters. The van der Waals surface area contributed by atoms with Crippen molar-refractivity contribution in [2.75, 3.05) is 57.4 Å². The molecule has 8 nitrogen and oxygen atoms in total. The zero-order valence-electron chi connectivity index (χ0n) is 19.8. The molecule has 3 heterocycles. The van der Waals surface area contributed by atoms with Crippen molar-refractivity contribution in [2.24, 2.45) is 0 Å². The summed E-state index contributed by atoms with van der Waals surface area (Å²) in [6.07, 6.45) is -4.82. The van der Waals surface area contributed by atoms with Crippen LogP contribution in [0.5, 0.6) is 0 Å². The normalized spacial score (nSPS) is 24.6. The summed E-state index contributed by atoms with van der Waals surface area (Å²) in [5.41, 5.74) is -2.63. The van der Waals surface area contributed by atoms with Crippen LogP contribution in [0.25, 0.3) is 0 Å². The fourth-order valence-corrected chi connectivity index (χ4v) is 7.20. The summed E-state index contributed by atoms with van der Waals surface area (Å²) < 4.78 is 73.4. The molecular formula is C23H30F3N3O5S2. The van der Waals surface area contributed by atoms with Crippen LogP contribution < -0.4 is 4.90 Å². The van der Waals surface area contributed by atoms with Crippen LogP contribution in [-0.4, -0.2) is 98.6 Å². The van der Waals surface area contributed by atoms with E-state index in [9.17, 15) is 31.8 Å². The molecule has 0 radical (unpaired) electrons. The van der Waals surface area contributed by atoms with Crippen molar-refractivity contribution in [3.8, 4) is 0 Å². The molecule has 0 amide bonds. The number of piperazine rings is 1. The standard InChI is InChI=1S/C23H30F3N3O5S2/c1-22(31,23(24,25)26)17-4-6-18(7-5-17)29-9-8-28(36(32,33)21-3-2-12-35-21)14-19(29)13-27-10-11-34-16-20(27)15-30/h2-7,12,19-20,30-31H,8-11,13-16H2,1H3/t19-,20-,22?/m0/s1. The SMILES string of the molecule is CC(O)(c1ccc(N2CCN(S(=O)(=O)c3cccs3)C[C@@H]2CN2CCOC[C@@H]2CO)cc1)C(F)(F)F. The van der Waals surface area contributed by atoms with Crippen molar-refractivity contribution in [1.82, 2.24) is 9.21 Å². The lowest BCUT2D eigenvalue weighted by molar-refractivity contribution is -0.258. The Morgan fingerprint density at radius 3 is 2.44 bits per heavy atom. The first-order chi connectivity index (χ1) is 16.9. The zero-order valence-corrected chi connectivity index (χ0v) is 21.4. The Morgan fingerprint density at radius 1 is 1.11 bits per heavy atom. The van der Waals surface area contributed by atoms with Gasteiger partial charge in [0.2, 0.25) is 0 Å². The van der Waals surface area contributed by atoms with Crippen LogP contribution in [0, 0.1) is 0 Å². The molecular weight excluding hydrogens is 519 g/mol. The van der Waals surface area contributed by atoms with Gasteiger partial charge in [0.05, 0.1) is 31.9 Å². The molecule has 2 N–H and O–H groups in total. The number of sulfonamides is 1. The predicted octanol–water partition coefficient (Wildman–Crippen LogP) is 2.09. The average molecular weight is 550 g/mol. The third kappa shape index (κ3) is 5.42. The molecule has 0 saturated carbocycles. The molecule has 1 aromatic heterocycles. The number of benzene rings is 1. The molecule has 1 aromatic carbocycles. The van der Waals surface area contributed by atoms with Gasteiger partial charge < -0.3 is 19.8 Å². The Hall–Kier alpha value is -1.74. The number of morpholine rings is 1. The van der Waals surface area contributed by atoms with E-state index >= 15 is 0 Å². The average Bonchev–Trinajstić information content (AvgIpc) is 3.40. The summed E-state index contributed by atoms with van der Waals surface area (Å²) in [6.45, 7) is 3.19. The van der Waals surface area contributed by atoms with E-state index < -0.39 is 21.8 Å². The Bertz CT molecular complexity index is 1110. The maximum absolute atomic E-state index is 13.3. The number of nitrogens with zero attached hydrogens (tertiary/aromatic N) is 3. The minimum Gasteiger partial charge on any atom is -0.395 e. The Balaban J connectivity index is 1.61. The van der Waals surface area contributed by atoms with Crippen molar-refractivity contribution in [3.63, 3.8) is 0 Å². The number of ether oxygens (including phenoxy) is 1. The lowest BCUT2D eigenvalue weighted by Crippen LogP contribution is -2.60. The topological polar surface area (TPSA) is 93.6 Å². The Kier molecular flexibility index (Phi) is 8.01. The van der Waals surface area contributed by atoms with Crippen LogP contribution in [0.3, 0.4) is 0 Å². The molecule has 0 bridgehead atoms. The molecule has 13 heteroatoms. The maximum Gasteiger partial charge on any atom is 0.421 e. The van der Waals surface area contributed by atoms with Gasteiger partial charge in [-0.1, -0.05) is 18.2 Å². The Morgan fingerprint density at radius 2 is 1.83 bits per heavy atom. The molecule has 2 fully saturated rings. The molecule has 3 atom stereocenters. The predicted molar refractivity (Wildman–Crippen MR) is 130 cm³/mol. The van der Waals surface area contributed by atoms with E-state index in [2.05, 4.69) is 4.90 Å². The highest BCUT2D eigenvalue weighted by atomic mass is 32.2. The summed E-state index contributed by atoms with van der Waals surface area (Å²) in [4.78, 5) is 4.04. The van der Waals surface area contributed by atoms with Crippen molar-refractivity contribution in [1.29, 1.82) is 0 Å². The summed E-state index contributed by atoms with van der Waals surface area (Å²) in [5.74, 6) is 0. The van der Waals surface area contributed by atoms with Gasteiger partial charge in [0.1, 0.15) is 4.21 Å². The van der Waals surface area contributed by atoms with Crippen LogP contribution in [0.4, 0.5) is 18.9 Å². The number of hydrogen-bond acceptors (Lipinski definition) is 8. The van der Waals surface area contributed by atoms with Gasteiger partial charge in [-0.05, 0) is 36.1 Å². The van der Waals surface area contributed by atoms with Gasteiger partial charge in [-0.15, -0.1) is 11.3 Å². The van der Waals surface area contributed by atoms with Crippen molar-refractivity contribution >= 4 is 27.0 Å². The van der Waals surface area contributed by atoms with E-state index in [0.717, 1.165) is 11.3 Å². The van der Waals surface area contributed by atoms with Gasteiger partial charge in [0, 0.05) is 38.4 Å². The highest BCUT2D eigenvalue weighted by molar-refractivity contribution is 7.91. The van der Waals surface area contributed by atoms with E-state index in [4.69, 9.17) is 4.74 Å². The maximum atomic E-state index is 13.3. The van der Waals surface area contributed by atoms with Gasteiger partial charge in [-0.2, -0.15) is 17.5 Å². The molecule has 4 rings (SSSR count). The van der Waals surface area contributed by atoms with Crippen molar-refractivity contribution in [2.45, 2.75) is 35.0 Å². The smallest absolute Gasteiger partial charge is 0.395 e. The zero-order chi connectivity index (χ0) is 26.1. The van der Waals surface area contributed by atoms with Crippen molar-refractivity contribution < 1.29 is 36.5 Å². The van der Waals surface area contributed by atoms with E-state index in [-0.39, 0.29) is 41.6 Å². The molecule has 2 aromatic rings. The monoisotopic (exact) mass is 549 g/mol. The number of thiophene rings is 1. The number of alkyl halides is 3. The minimum atomic E-state index is -4.82. The number of hydrogen-bond donors (Lipinski definition) is 2. The first kappa shape index (κ1) is 27.3. The van der Waals surface area contributed by atoms with E-state index in [1.165, 1.54) is 28.6 Å². The van der Waals surface area contributed by atoms with Crippen molar-refractivity contribution in [3.05, 3.63) is 47.3 Å². The van der Waals surface area contributed by atoms with Gasteiger partial charge >= 0.3 is 6.18 Å². The second kappa shape index (κ2) is 10.6. The number of halogens is 3. The van der Waals surface area contributed by atoms with Crippen LogP contribution >= 0.6 is 11.3 Å². The molecule has 2 aliphatic rings. The lowest BCUT2D eigenvalue weighted by atomic mass is 9.95. The number of anilines is 1. The van der Waals surface area contributed by atoms with E-state index in [1.807, 2.05) is 4.90 Å². The first-order valence-electron chi connectivity index (χ1n) is 11.6.